The molecular weight excluding hydrogens is 448 g/mol. The van der Waals surface area contributed by atoms with E-state index in [-0.39, 0.29) is 24.6 Å². The van der Waals surface area contributed by atoms with Crippen molar-refractivity contribution in [3.63, 3.8) is 0 Å². The van der Waals surface area contributed by atoms with Crippen LogP contribution in [0.4, 0.5) is 13.2 Å². The standard InChI is InChI=1S/C22H32F3N2O2P.C3H8/c23-22(24,25)17-2-1-15-9-11-27(14-16(15)13-17)21(29)8-5-19(10-12-30)26-18-3-6-20(28)7-4-18;1-3-2/h1-2,13,18-20,26,28H,3-12,14,30H2;3H2,1-2H3/t18?,19-,20?;/m0./s1. The zero-order valence-electron chi connectivity index (χ0n) is 20.0. The topological polar surface area (TPSA) is 52.6 Å². The molecule has 1 heterocycles. The predicted molar refractivity (Wildman–Crippen MR) is 130 cm³/mol. The van der Waals surface area contributed by atoms with Crippen LogP contribution in [0.1, 0.15) is 81.9 Å². The van der Waals surface area contributed by atoms with Gasteiger partial charge in [-0.25, -0.2) is 0 Å². The van der Waals surface area contributed by atoms with Crippen molar-refractivity contribution in [2.45, 2.75) is 103 Å². The fraction of sp³-hybridized carbons (Fsp3) is 0.720. The van der Waals surface area contributed by atoms with E-state index in [1.165, 1.54) is 12.5 Å². The first-order valence-electron chi connectivity index (χ1n) is 12.3. The quantitative estimate of drug-likeness (QED) is 0.512. The van der Waals surface area contributed by atoms with E-state index in [2.05, 4.69) is 28.4 Å². The molecule has 1 aromatic carbocycles. The van der Waals surface area contributed by atoms with Gasteiger partial charge in [-0.2, -0.15) is 13.2 Å². The Morgan fingerprint density at radius 1 is 1.18 bits per heavy atom. The van der Waals surface area contributed by atoms with E-state index in [4.69, 9.17) is 0 Å². The minimum Gasteiger partial charge on any atom is -0.393 e. The Hall–Kier alpha value is -1.17. The van der Waals surface area contributed by atoms with Crippen molar-refractivity contribution >= 4 is 15.1 Å². The van der Waals surface area contributed by atoms with Crippen LogP contribution < -0.4 is 5.32 Å². The molecule has 1 fully saturated rings. The Labute approximate surface area is 198 Å². The van der Waals surface area contributed by atoms with E-state index >= 15 is 0 Å². The average molecular weight is 489 g/mol. The zero-order valence-corrected chi connectivity index (χ0v) is 21.1. The first kappa shape index (κ1) is 28.1. The fourth-order valence-corrected chi connectivity index (χ4v) is 4.89. The molecule has 1 aliphatic heterocycles. The Bertz CT molecular complexity index is 737. The Morgan fingerprint density at radius 3 is 2.45 bits per heavy atom. The summed E-state index contributed by atoms with van der Waals surface area (Å²) in [6.07, 6.45) is 3.83. The summed E-state index contributed by atoms with van der Waals surface area (Å²) in [6.45, 7) is 5.06. The van der Waals surface area contributed by atoms with Gasteiger partial charge in [-0.3, -0.25) is 4.79 Å². The fourth-order valence-electron chi connectivity index (χ4n) is 4.49. The molecule has 33 heavy (non-hydrogen) atoms. The number of amides is 1. The van der Waals surface area contributed by atoms with Crippen LogP contribution in [-0.4, -0.2) is 46.8 Å². The van der Waals surface area contributed by atoms with E-state index < -0.39 is 11.7 Å². The number of alkyl halides is 3. The molecule has 2 aliphatic rings. The summed E-state index contributed by atoms with van der Waals surface area (Å²) >= 11 is 0. The molecule has 188 valence electrons. The van der Waals surface area contributed by atoms with Crippen LogP contribution in [0.3, 0.4) is 0 Å². The largest absolute Gasteiger partial charge is 0.416 e. The number of nitrogens with one attached hydrogen (secondary N) is 1. The maximum absolute atomic E-state index is 13.0. The minimum atomic E-state index is -4.37. The van der Waals surface area contributed by atoms with Gasteiger partial charge in [-0.15, -0.1) is 9.24 Å². The Kier molecular flexibility index (Phi) is 11.6. The normalized spacial score (nSPS) is 21.6. The summed E-state index contributed by atoms with van der Waals surface area (Å²) in [5, 5.41) is 13.3. The van der Waals surface area contributed by atoms with E-state index in [0.717, 1.165) is 56.3 Å². The van der Waals surface area contributed by atoms with E-state index in [1.54, 1.807) is 11.0 Å². The molecule has 0 bridgehead atoms. The monoisotopic (exact) mass is 488 g/mol. The van der Waals surface area contributed by atoms with Crippen LogP contribution >= 0.6 is 9.24 Å². The highest BCUT2D eigenvalue weighted by Crippen LogP contribution is 2.32. The van der Waals surface area contributed by atoms with Crippen molar-refractivity contribution in [3.8, 4) is 0 Å². The number of benzene rings is 1. The maximum Gasteiger partial charge on any atom is 0.416 e. The molecule has 1 aliphatic carbocycles. The van der Waals surface area contributed by atoms with Gasteiger partial charge >= 0.3 is 6.18 Å². The number of fused-ring (bicyclic) bond motifs is 1. The summed E-state index contributed by atoms with van der Waals surface area (Å²) in [7, 11) is 2.73. The number of nitrogens with zero attached hydrogens (tertiary/aromatic N) is 1. The Balaban J connectivity index is 0.00000122. The molecule has 8 heteroatoms. The molecule has 2 N–H and O–H groups in total. The second-order valence-corrected chi connectivity index (χ2v) is 9.82. The van der Waals surface area contributed by atoms with Crippen LogP contribution in [0, 0.1) is 0 Å². The first-order valence-corrected chi connectivity index (χ1v) is 13.1. The third kappa shape index (κ3) is 9.18. The summed E-state index contributed by atoms with van der Waals surface area (Å²) in [4.78, 5) is 14.5. The molecule has 1 unspecified atom stereocenters. The van der Waals surface area contributed by atoms with Gasteiger partial charge in [0.05, 0.1) is 11.7 Å². The number of aliphatic hydroxyl groups is 1. The highest BCUT2D eigenvalue weighted by atomic mass is 31.0. The molecule has 3 rings (SSSR count). The average Bonchev–Trinajstić information content (AvgIpc) is 2.78. The second kappa shape index (κ2) is 13.7. The van der Waals surface area contributed by atoms with Gasteiger partial charge in [-0.1, -0.05) is 26.3 Å². The predicted octanol–water partition coefficient (Wildman–Crippen LogP) is 5.31. The minimum absolute atomic E-state index is 0.00712. The van der Waals surface area contributed by atoms with Gasteiger partial charge in [-0.05, 0) is 74.4 Å². The molecular formula is C25H40F3N2O2P. The van der Waals surface area contributed by atoms with Crippen molar-refractivity contribution in [1.82, 2.24) is 10.2 Å². The van der Waals surface area contributed by atoms with E-state index in [0.29, 0.717) is 31.0 Å². The third-order valence-electron chi connectivity index (χ3n) is 6.29. The molecule has 1 amide bonds. The van der Waals surface area contributed by atoms with Gasteiger partial charge in [0.25, 0.3) is 0 Å². The number of hydrogen-bond acceptors (Lipinski definition) is 3. The summed E-state index contributed by atoms with van der Waals surface area (Å²) in [6, 6.07) is 4.47. The highest BCUT2D eigenvalue weighted by molar-refractivity contribution is 7.16. The number of rotatable bonds is 7. The molecule has 0 aromatic heterocycles. The number of hydrogen-bond donors (Lipinski definition) is 2. The van der Waals surface area contributed by atoms with Gasteiger partial charge in [0.2, 0.25) is 5.91 Å². The van der Waals surface area contributed by atoms with Crippen molar-refractivity contribution < 1.29 is 23.1 Å². The zero-order chi connectivity index (χ0) is 24.4. The number of carbonyl (C=O) groups is 1. The smallest absolute Gasteiger partial charge is 0.393 e. The SMILES string of the molecule is CCC.O=C(CC[C@@H](CCP)NC1CCC(O)CC1)N1CCc2ccc(C(F)(F)F)cc2C1. The van der Waals surface area contributed by atoms with Crippen LogP contribution in [0.25, 0.3) is 0 Å². The highest BCUT2D eigenvalue weighted by Gasteiger charge is 2.32. The molecule has 0 saturated heterocycles. The van der Waals surface area contributed by atoms with E-state index in [9.17, 15) is 23.1 Å². The first-order chi connectivity index (χ1) is 15.7. The maximum atomic E-state index is 13.0. The lowest BCUT2D eigenvalue weighted by Gasteiger charge is -2.32. The summed E-state index contributed by atoms with van der Waals surface area (Å²) in [5.74, 6) is 0.00712. The van der Waals surface area contributed by atoms with Crippen molar-refractivity contribution in [3.05, 3.63) is 34.9 Å². The lowest BCUT2D eigenvalue weighted by Crippen LogP contribution is -2.42. The van der Waals surface area contributed by atoms with Crippen LogP contribution in [-0.2, 0) is 23.9 Å². The van der Waals surface area contributed by atoms with Crippen LogP contribution in [0.5, 0.6) is 0 Å². The van der Waals surface area contributed by atoms with Crippen molar-refractivity contribution in [2.75, 3.05) is 12.7 Å². The van der Waals surface area contributed by atoms with Gasteiger partial charge < -0.3 is 15.3 Å². The molecule has 4 nitrogen and oxygen atoms in total. The van der Waals surface area contributed by atoms with Crippen molar-refractivity contribution in [2.24, 2.45) is 0 Å². The summed E-state index contributed by atoms with van der Waals surface area (Å²) < 4.78 is 39.0. The molecule has 1 saturated carbocycles. The summed E-state index contributed by atoms with van der Waals surface area (Å²) in [5.41, 5.74) is 0.844. The van der Waals surface area contributed by atoms with Crippen LogP contribution in [0.2, 0.25) is 0 Å². The van der Waals surface area contributed by atoms with Gasteiger partial charge in [0, 0.05) is 31.6 Å². The van der Waals surface area contributed by atoms with Gasteiger partial charge in [0.1, 0.15) is 0 Å². The van der Waals surface area contributed by atoms with Gasteiger partial charge in [0.15, 0.2) is 0 Å². The lowest BCUT2D eigenvalue weighted by molar-refractivity contribution is -0.137. The second-order valence-electron chi connectivity index (χ2n) is 9.24. The number of aliphatic hydroxyl groups excluding tert-OH is 1. The van der Waals surface area contributed by atoms with Crippen molar-refractivity contribution in [1.29, 1.82) is 0 Å². The number of halogens is 3. The molecule has 1 aromatic rings. The van der Waals surface area contributed by atoms with E-state index in [1.807, 2.05) is 0 Å². The third-order valence-corrected chi connectivity index (χ3v) is 6.62. The molecule has 0 radical (unpaired) electrons. The lowest BCUT2D eigenvalue weighted by atomic mass is 9.92. The number of carbonyl (C=O) groups excluding carboxylic acids is 1. The molecule has 0 spiro atoms. The Morgan fingerprint density at radius 2 is 1.85 bits per heavy atom. The molecule has 2 atom stereocenters. The van der Waals surface area contributed by atoms with Crippen LogP contribution in [0.15, 0.2) is 18.2 Å².